The van der Waals surface area contributed by atoms with Gasteiger partial charge in [0.15, 0.2) is 6.04 Å². The minimum absolute atomic E-state index is 0.0453. The van der Waals surface area contributed by atoms with Crippen LogP contribution in [0.15, 0.2) is 59.0 Å². The van der Waals surface area contributed by atoms with Crippen molar-refractivity contribution in [2.45, 2.75) is 32.5 Å². The van der Waals surface area contributed by atoms with Crippen LogP contribution in [0.1, 0.15) is 31.0 Å². The normalized spacial score (nSPS) is 16.3. The fourth-order valence-electron chi connectivity index (χ4n) is 3.14. The predicted octanol–water partition coefficient (Wildman–Crippen LogP) is 3.81. The van der Waals surface area contributed by atoms with E-state index in [-0.39, 0.29) is 12.2 Å². The molecule has 2 N–H and O–H groups in total. The first kappa shape index (κ1) is 19.0. The second-order valence-electron chi connectivity index (χ2n) is 6.47. The van der Waals surface area contributed by atoms with E-state index in [0.717, 1.165) is 17.6 Å². The van der Waals surface area contributed by atoms with Crippen LogP contribution in [0.2, 0.25) is 0 Å². The van der Waals surface area contributed by atoms with E-state index < -0.39 is 12.2 Å². The van der Waals surface area contributed by atoms with Crippen LogP contribution in [0.25, 0.3) is 0 Å². The summed E-state index contributed by atoms with van der Waals surface area (Å²) >= 11 is 0. The van der Waals surface area contributed by atoms with Gasteiger partial charge in [0.25, 0.3) is 0 Å². The van der Waals surface area contributed by atoms with E-state index in [4.69, 9.17) is 0 Å². The second kappa shape index (κ2) is 7.85. The quantitative estimate of drug-likeness (QED) is 0.833. The third kappa shape index (κ3) is 4.32. The van der Waals surface area contributed by atoms with Gasteiger partial charge in [0.2, 0.25) is 0 Å². The zero-order valence-corrected chi connectivity index (χ0v) is 15.2. The molecule has 1 aliphatic heterocycles. The average Bonchev–Trinajstić information content (AvgIpc) is 3.14. The molecule has 0 aliphatic carbocycles. The first-order chi connectivity index (χ1) is 12.9. The van der Waals surface area contributed by atoms with Crippen LogP contribution >= 0.6 is 0 Å². The van der Waals surface area contributed by atoms with Crippen molar-refractivity contribution in [3.8, 4) is 0 Å². The van der Waals surface area contributed by atoms with Gasteiger partial charge in [0.1, 0.15) is 12.5 Å². The number of benzene rings is 1. The Bertz CT molecular complexity index is 810. The Morgan fingerprint density at radius 1 is 1.22 bits per heavy atom. The van der Waals surface area contributed by atoms with E-state index in [1.807, 2.05) is 6.20 Å². The summed E-state index contributed by atoms with van der Waals surface area (Å²) in [5, 5.41) is 9.86. The van der Waals surface area contributed by atoms with Gasteiger partial charge >= 0.3 is 6.18 Å². The van der Waals surface area contributed by atoms with Crippen LogP contribution in [0.4, 0.5) is 13.2 Å². The Labute approximate surface area is 156 Å². The summed E-state index contributed by atoms with van der Waals surface area (Å²) in [4.78, 5) is 5.68. The SMILES string of the molecule is CC1=C(C)N(C(c2ccccc2)C(F)(F)F)CN=C1NCCc1cn[nH]c1. The lowest BCUT2D eigenvalue weighted by molar-refractivity contribution is -0.181. The van der Waals surface area contributed by atoms with Gasteiger partial charge in [-0.1, -0.05) is 30.3 Å². The number of aromatic nitrogens is 2. The van der Waals surface area contributed by atoms with E-state index in [0.29, 0.717) is 18.1 Å². The molecule has 1 aromatic heterocycles. The number of alkyl halides is 3. The van der Waals surface area contributed by atoms with E-state index >= 15 is 0 Å². The molecule has 8 heteroatoms. The molecule has 0 bridgehead atoms. The van der Waals surface area contributed by atoms with Gasteiger partial charge in [-0.25, -0.2) is 4.99 Å². The summed E-state index contributed by atoms with van der Waals surface area (Å²) in [6.45, 7) is 4.09. The molecule has 0 fully saturated rings. The van der Waals surface area contributed by atoms with E-state index in [2.05, 4.69) is 20.5 Å². The maximum absolute atomic E-state index is 13.8. The fourth-order valence-corrected chi connectivity index (χ4v) is 3.14. The number of amidine groups is 1. The zero-order valence-electron chi connectivity index (χ0n) is 15.2. The van der Waals surface area contributed by atoms with Gasteiger partial charge in [0, 0.05) is 24.0 Å². The van der Waals surface area contributed by atoms with Crippen molar-refractivity contribution in [3.63, 3.8) is 0 Å². The molecular formula is C19H22F3N5. The summed E-state index contributed by atoms with van der Waals surface area (Å²) in [5.74, 6) is 0.640. The monoisotopic (exact) mass is 377 g/mol. The highest BCUT2D eigenvalue weighted by molar-refractivity contribution is 5.98. The molecule has 1 atom stereocenters. The third-order valence-corrected chi connectivity index (χ3v) is 4.71. The third-order valence-electron chi connectivity index (χ3n) is 4.71. The van der Waals surface area contributed by atoms with E-state index in [1.165, 1.54) is 17.0 Å². The molecule has 144 valence electrons. The topological polar surface area (TPSA) is 56.3 Å². The van der Waals surface area contributed by atoms with E-state index in [9.17, 15) is 13.2 Å². The summed E-state index contributed by atoms with van der Waals surface area (Å²) in [6.07, 6.45) is -0.0902. The van der Waals surface area contributed by atoms with Crippen molar-refractivity contribution in [2.24, 2.45) is 4.99 Å². The molecule has 3 rings (SSSR count). The van der Waals surface area contributed by atoms with Crippen molar-refractivity contribution < 1.29 is 13.2 Å². The van der Waals surface area contributed by atoms with Crippen LogP contribution in [0.5, 0.6) is 0 Å². The summed E-state index contributed by atoms with van der Waals surface area (Å²) in [5.41, 5.74) is 2.56. The van der Waals surface area contributed by atoms with Crippen molar-refractivity contribution in [3.05, 3.63) is 65.1 Å². The van der Waals surface area contributed by atoms with Crippen LogP contribution in [0, 0.1) is 0 Å². The molecule has 1 aliphatic rings. The molecule has 2 aromatic rings. The molecular weight excluding hydrogens is 355 g/mol. The van der Waals surface area contributed by atoms with Crippen LogP contribution < -0.4 is 5.32 Å². The maximum atomic E-state index is 13.8. The molecule has 0 saturated carbocycles. The maximum Gasteiger partial charge on any atom is 0.413 e. The van der Waals surface area contributed by atoms with Gasteiger partial charge in [0.05, 0.1) is 6.20 Å². The molecule has 1 aromatic carbocycles. The van der Waals surface area contributed by atoms with Gasteiger partial charge < -0.3 is 10.2 Å². The molecule has 0 saturated heterocycles. The number of nitrogens with zero attached hydrogens (tertiary/aromatic N) is 3. The number of hydrogen-bond acceptors (Lipinski definition) is 4. The summed E-state index contributed by atoms with van der Waals surface area (Å²) < 4.78 is 41.4. The van der Waals surface area contributed by atoms with Crippen LogP contribution in [-0.2, 0) is 6.42 Å². The molecule has 2 heterocycles. The highest BCUT2D eigenvalue weighted by Gasteiger charge is 2.45. The highest BCUT2D eigenvalue weighted by atomic mass is 19.4. The predicted molar refractivity (Wildman–Crippen MR) is 98.0 cm³/mol. The van der Waals surface area contributed by atoms with Crippen molar-refractivity contribution >= 4 is 5.84 Å². The lowest BCUT2D eigenvalue weighted by Crippen LogP contribution is -2.42. The number of aromatic amines is 1. The summed E-state index contributed by atoms with van der Waals surface area (Å²) in [7, 11) is 0. The first-order valence-corrected chi connectivity index (χ1v) is 8.70. The average molecular weight is 377 g/mol. The lowest BCUT2D eigenvalue weighted by Gasteiger charge is -2.38. The van der Waals surface area contributed by atoms with Crippen molar-refractivity contribution in [1.82, 2.24) is 20.4 Å². The van der Waals surface area contributed by atoms with E-state index in [1.54, 1.807) is 38.2 Å². The molecule has 5 nitrogen and oxygen atoms in total. The number of allylic oxidation sites excluding steroid dienone is 1. The Hall–Kier alpha value is -2.77. The van der Waals surface area contributed by atoms with Gasteiger partial charge in [-0.15, -0.1) is 0 Å². The fraction of sp³-hybridized carbons (Fsp3) is 0.368. The lowest BCUT2D eigenvalue weighted by atomic mass is 10.0. The Balaban J connectivity index is 1.75. The minimum atomic E-state index is -4.40. The number of nitrogens with one attached hydrogen (secondary N) is 2. The van der Waals surface area contributed by atoms with Crippen molar-refractivity contribution in [2.75, 3.05) is 13.2 Å². The van der Waals surface area contributed by atoms with Gasteiger partial charge in [-0.05, 0) is 31.4 Å². The zero-order chi connectivity index (χ0) is 19.4. The van der Waals surface area contributed by atoms with Gasteiger partial charge in [-0.2, -0.15) is 18.3 Å². The Morgan fingerprint density at radius 2 is 1.96 bits per heavy atom. The standard InChI is InChI=1S/C19H22F3N5/c1-13-14(2)27(17(19(20,21)22)16-6-4-3-5-7-16)12-24-18(13)23-9-8-15-10-25-26-11-15/h3-7,10-11,17H,8-9,12H2,1-2H3,(H,23,24)(H,25,26). The second-order valence-corrected chi connectivity index (χ2v) is 6.47. The molecule has 0 amide bonds. The van der Waals surface area contributed by atoms with Crippen LogP contribution in [0.3, 0.4) is 0 Å². The number of H-pyrrole nitrogens is 1. The van der Waals surface area contributed by atoms with Crippen LogP contribution in [-0.4, -0.2) is 40.3 Å². The molecule has 0 spiro atoms. The smallest absolute Gasteiger partial charge is 0.370 e. The minimum Gasteiger partial charge on any atom is -0.370 e. The number of rotatable bonds is 5. The van der Waals surface area contributed by atoms with Crippen molar-refractivity contribution in [1.29, 1.82) is 0 Å². The number of hydrogen-bond donors (Lipinski definition) is 2. The molecule has 0 radical (unpaired) electrons. The summed E-state index contributed by atoms with van der Waals surface area (Å²) in [6, 6.07) is 6.24. The Morgan fingerprint density at radius 3 is 2.59 bits per heavy atom. The Kier molecular flexibility index (Phi) is 5.53. The van der Waals surface area contributed by atoms with Gasteiger partial charge in [-0.3, -0.25) is 5.10 Å². The number of aliphatic imine (C=N–C) groups is 1. The largest absolute Gasteiger partial charge is 0.413 e. The highest BCUT2D eigenvalue weighted by Crippen LogP contribution is 2.40. The first-order valence-electron chi connectivity index (χ1n) is 8.70. The molecule has 27 heavy (non-hydrogen) atoms. The molecule has 1 unspecified atom stereocenters. The number of halogens is 3.